The molecule has 0 radical (unpaired) electrons. The first kappa shape index (κ1) is 60.9. The number of rotatable bonds is 48. The molecule has 6 heteroatoms. The number of hydrogen-bond acceptors (Lipinski definition) is 6. The summed E-state index contributed by atoms with van der Waals surface area (Å²) < 4.78 is 16.7. The summed E-state index contributed by atoms with van der Waals surface area (Å²) in [5, 5.41) is 0. The van der Waals surface area contributed by atoms with Crippen LogP contribution in [-0.2, 0) is 28.6 Å². The van der Waals surface area contributed by atoms with Crippen molar-refractivity contribution < 1.29 is 28.6 Å². The van der Waals surface area contributed by atoms with Crippen LogP contribution >= 0.6 is 0 Å². The molecule has 0 bridgehead atoms. The van der Waals surface area contributed by atoms with Gasteiger partial charge in [-0.3, -0.25) is 14.4 Å². The van der Waals surface area contributed by atoms with Crippen molar-refractivity contribution in [1.29, 1.82) is 0 Å². The summed E-state index contributed by atoms with van der Waals surface area (Å²) >= 11 is 0. The zero-order valence-electron chi connectivity index (χ0n) is 42.0. The molecular formula is C58H100O6. The van der Waals surface area contributed by atoms with E-state index in [2.05, 4.69) is 87.6 Å². The Hall–Kier alpha value is -3.15. The minimum absolute atomic E-state index is 0.106. The second-order valence-electron chi connectivity index (χ2n) is 17.8. The van der Waals surface area contributed by atoms with E-state index >= 15 is 0 Å². The first-order valence-electron chi connectivity index (χ1n) is 26.9. The molecule has 0 saturated carbocycles. The van der Waals surface area contributed by atoms with Gasteiger partial charge in [-0.15, -0.1) is 0 Å². The van der Waals surface area contributed by atoms with Crippen molar-refractivity contribution in [2.45, 2.75) is 264 Å². The number of carbonyl (C=O) groups is 3. The maximum Gasteiger partial charge on any atom is 0.306 e. The van der Waals surface area contributed by atoms with E-state index in [9.17, 15) is 14.4 Å². The van der Waals surface area contributed by atoms with E-state index in [0.29, 0.717) is 19.3 Å². The zero-order valence-corrected chi connectivity index (χ0v) is 42.0. The van der Waals surface area contributed by atoms with Crippen LogP contribution in [0, 0.1) is 0 Å². The van der Waals surface area contributed by atoms with Crippen molar-refractivity contribution in [2.75, 3.05) is 13.2 Å². The predicted molar refractivity (Wildman–Crippen MR) is 274 cm³/mol. The van der Waals surface area contributed by atoms with Gasteiger partial charge in [0.05, 0.1) is 0 Å². The first-order chi connectivity index (χ1) is 31.5. The molecule has 0 unspecified atom stereocenters. The van der Waals surface area contributed by atoms with Crippen LogP contribution in [0.25, 0.3) is 0 Å². The fraction of sp³-hybridized carbons (Fsp3) is 0.741. The third kappa shape index (κ3) is 49.9. The van der Waals surface area contributed by atoms with Gasteiger partial charge in [-0.25, -0.2) is 0 Å². The highest BCUT2D eigenvalue weighted by Gasteiger charge is 2.19. The van der Waals surface area contributed by atoms with Crippen LogP contribution in [0.5, 0.6) is 0 Å². The lowest BCUT2D eigenvalue weighted by Crippen LogP contribution is -2.30. The van der Waals surface area contributed by atoms with Crippen molar-refractivity contribution >= 4 is 17.9 Å². The van der Waals surface area contributed by atoms with E-state index in [1.165, 1.54) is 141 Å². The second-order valence-corrected chi connectivity index (χ2v) is 17.8. The second kappa shape index (κ2) is 52.5. The van der Waals surface area contributed by atoms with Gasteiger partial charge in [0, 0.05) is 19.3 Å². The van der Waals surface area contributed by atoms with E-state index < -0.39 is 12.1 Å². The SMILES string of the molecule is CCCCC/C=C\C/C=C\C/C=C\C/C=C\C/C=C\CCC(=O)O[C@H](COC(=O)CCCCCCC/C=C\CCCCCCCC)COC(=O)CCCCCCCCCCCCCC. The number of unbranched alkanes of at least 4 members (excludes halogenated alkanes) is 25. The predicted octanol–water partition coefficient (Wildman–Crippen LogP) is 17.8. The molecule has 0 heterocycles. The Morgan fingerprint density at radius 3 is 0.984 bits per heavy atom. The number of hydrogen-bond donors (Lipinski definition) is 0. The highest BCUT2D eigenvalue weighted by atomic mass is 16.6. The Balaban J connectivity index is 4.50. The molecule has 0 spiro atoms. The molecular weight excluding hydrogens is 793 g/mol. The Kier molecular flexibility index (Phi) is 49.9. The van der Waals surface area contributed by atoms with Crippen LogP contribution in [-0.4, -0.2) is 37.2 Å². The third-order valence-electron chi connectivity index (χ3n) is 11.4. The van der Waals surface area contributed by atoms with Gasteiger partial charge in [-0.2, -0.15) is 0 Å². The molecule has 0 aromatic heterocycles. The Morgan fingerprint density at radius 2 is 0.594 bits per heavy atom. The van der Waals surface area contributed by atoms with Crippen LogP contribution in [0.15, 0.2) is 72.9 Å². The van der Waals surface area contributed by atoms with Gasteiger partial charge in [0.2, 0.25) is 0 Å². The van der Waals surface area contributed by atoms with E-state index in [1.54, 1.807) is 0 Å². The third-order valence-corrected chi connectivity index (χ3v) is 11.4. The zero-order chi connectivity index (χ0) is 46.5. The Labute approximate surface area is 395 Å². The van der Waals surface area contributed by atoms with Gasteiger partial charge in [-0.05, 0) is 83.5 Å². The van der Waals surface area contributed by atoms with Gasteiger partial charge in [-0.1, -0.05) is 229 Å². The van der Waals surface area contributed by atoms with Crippen LogP contribution < -0.4 is 0 Å². The summed E-state index contributed by atoms with van der Waals surface area (Å²) in [4.78, 5) is 38.0. The minimum Gasteiger partial charge on any atom is -0.462 e. The maximum atomic E-state index is 12.8. The Bertz CT molecular complexity index is 1210. The molecule has 0 amide bonds. The summed E-state index contributed by atoms with van der Waals surface area (Å²) in [5.74, 6) is -0.994. The molecule has 0 N–H and O–H groups in total. The quantitative estimate of drug-likeness (QED) is 0.0262. The van der Waals surface area contributed by atoms with E-state index in [1.807, 2.05) is 6.08 Å². The summed E-state index contributed by atoms with van der Waals surface area (Å²) in [7, 11) is 0. The highest BCUT2D eigenvalue weighted by molar-refractivity contribution is 5.71. The molecule has 368 valence electrons. The van der Waals surface area contributed by atoms with E-state index in [0.717, 1.165) is 70.6 Å². The molecule has 0 aliphatic rings. The first-order valence-corrected chi connectivity index (χ1v) is 26.9. The molecule has 0 aliphatic carbocycles. The highest BCUT2D eigenvalue weighted by Crippen LogP contribution is 2.14. The van der Waals surface area contributed by atoms with Crippen molar-refractivity contribution in [3.63, 3.8) is 0 Å². The van der Waals surface area contributed by atoms with Crippen molar-refractivity contribution in [3.8, 4) is 0 Å². The standard InChI is InChI=1S/C58H100O6/c1-4-7-10-13-16-19-22-25-27-28-29-30-32-34-37-40-43-46-49-52-58(61)64-55(53-62-56(59)50-47-44-41-38-35-24-21-18-15-12-9-6-3)54-63-57(60)51-48-45-42-39-36-33-31-26-23-20-17-14-11-8-5-2/h16,19,25-27,29-31,34,37,43,46,55H,4-15,17-18,20-24,28,32-33,35-36,38-42,44-45,47-54H2,1-3H3/b19-16-,27-25-,30-29-,31-26-,37-34-,46-43-/t55-/m0/s1. The topological polar surface area (TPSA) is 78.9 Å². The normalized spacial score (nSPS) is 12.6. The Morgan fingerprint density at radius 1 is 0.312 bits per heavy atom. The fourth-order valence-corrected chi connectivity index (χ4v) is 7.36. The largest absolute Gasteiger partial charge is 0.462 e. The monoisotopic (exact) mass is 893 g/mol. The van der Waals surface area contributed by atoms with Crippen LogP contribution in [0.2, 0.25) is 0 Å². The average Bonchev–Trinajstić information content (AvgIpc) is 3.29. The van der Waals surface area contributed by atoms with Crippen LogP contribution in [0.3, 0.4) is 0 Å². The summed E-state index contributed by atoms with van der Waals surface area (Å²) in [6, 6.07) is 0. The fourth-order valence-electron chi connectivity index (χ4n) is 7.36. The number of allylic oxidation sites excluding steroid dienone is 12. The molecule has 0 aliphatic heterocycles. The van der Waals surface area contributed by atoms with Crippen molar-refractivity contribution in [2.24, 2.45) is 0 Å². The average molecular weight is 893 g/mol. The molecule has 64 heavy (non-hydrogen) atoms. The molecule has 0 aromatic rings. The van der Waals surface area contributed by atoms with Crippen molar-refractivity contribution in [1.82, 2.24) is 0 Å². The number of ether oxygens (including phenoxy) is 3. The van der Waals surface area contributed by atoms with Gasteiger partial charge in [0.25, 0.3) is 0 Å². The molecule has 0 saturated heterocycles. The number of carbonyl (C=O) groups excluding carboxylic acids is 3. The molecule has 0 aromatic carbocycles. The summed E-state index contributed by atoms with van der Waals surface area (Å²) in [6.07, 6.45) is 66.1. The van der Waals surface area contributed by atoms with Crippen LogP contribution in [0.1, 0.15) is 258 Å². The number of esters is 3. The summed E-state index contributed by atoms with van der Waals surface area (Å²) in [6.45, 7) is 6.54. The van der Waals surface area contributed by atoms with E-state index in [-0.39, 0.29) is 31.6 Å². The lowest BCUT2D eigenvalue weighted by Gasteiger charge is -2.18. The van der Waals surface area contributed by atoms with Gasteiger partial charge in [0.1, 0.15) is 13.2 Å². The smallest absolute Gasteiger partial charge is 0.306 e. The maximum absolute atomic E-state index is 12.8. The van der Waals surface area contributed by atoms with E-state index in [4.69, 9.17) is 14.2 Å². The molecule has 1 atom stereocenters. The van der Waals surface area contributed by atoms with Crippen LogP contribution in [0.4, 0.5) is 0 Å². The lowest BCUT2D eigenvalue weighted by molar-refractivity contribution is -0.166. The minimum atomic E-state index is -0.816. The summed E-state index contributed by atoms with van der Waals surface area (Å²) in [5.41, 5.74) is 0. The molecule has 0 rings (SSSR count). The van der Waals surface area contributed by atoms with Gasteiger partial charge in [0.15, 0.2) is 6.10 Å². The van der Waals surface area contributed by atoms with Gasteiger partial charge >= 0.3 is 17.9 Å². The molecule has 6 nitrogen and oxygen atoms in total. The molecule has 0 fully saturated rings. The van der Waals surface area contributed by atoms with Crippen molar-refractivity contribution in [3.05, 3.63) is 72.9 Å². The van der Waals surface area contributed by atoms with Gasteiger partial charge < -0.3 is 14.2 Å². The lowest BCUT2D eigenvalue weighted by atomic mass is 10.0.